The van der Waals surface area contributed by atoms with E-state index < -0.39 is 48.8 Å². The minimum atomic E-state index is -1.99. The average molecular weight is 469 g/mol. The number of aliphatic hydroxyl groups is 3. The smallest absolute Gasteiger partial charge is 0.547 e. The van der Waals surface area contributed by atoms with Crippen molar-refractivity contribution in [2.24, 2.45) is 4.99 Å². The van der Waals surface area contributed by atoms with E-state index in [-0.39, 0.29) is 18.9 Å². The van der Waals surface area contributed by atoms with Crippen molar-refractivity contribution in [3.8, 4) is 0 Å². The third-order valence-corrected chi connectivity index (χ3v) is 5.31. The molecule has 168 valence electrons. The van der Waals surface area contributed by atoms with Crippen molar-refractivity contribution in [1.82, 2.24) is 0 Å². The molecule has 0 aliphatic carbocycles. The fraction of sp³-hybridized carbons (Fsp3) is 0.286. The molecule has 2 aliphatic rings. The molecule has 1 saturated heterocycles. The first-order chi connectivity index (χ1) is 15.3. The Morgan fingerprint density at radius 2 is 1.79 bits per heavy atom. The molecule has 1 fully saturated rings. The molecule has 12 heteroatoms. The topological polar surface area (TPSA) is 161 Å². The molecule has 1 amide bonds. The number of aliphatic hydroxyl groups excluding tert-OH is 3. The van der Waals surface area contributed by atoms with E-state index in [1.165, 1.54) is 0 Å². The molecule has 1 unspecified atom stereocenters. The summed E-state index contributed by atoms with van der Waals surface area (Å²) in [6, 6.07) is 13.7. The van der Waals surface area contributed by atoms with Crippen LogP contribution in [0.5, 0.6) is 0 Å². The number of aliphatic carboxylic acids is 1. The van der Waals surface area contributed by atoms with Crippen LogP contribution in [0.3, 0.4) is 0 Å². The predicted octanol–water partition coefficient (Wildman–Crippen LogP) is -3.97. The van der Waals surface area contributed by atoms with Crippen LogP contribution in [-0.2, 0) is 19.1 Å². The second kappa shape index (κ2) is 10.3. The summed E-state index contributed by atoms with van der Waals surface area (Å²) < 4.78 is 10.5. The number of carboxylic acids is 1. The van der Waals surface area contributed by atoms with Crippen molar-refractivity contribution >= 4 is 34.9 Å². The largest absolute Gasteiger partial charge is 1.00 e. The zero-order valence-corrected chi connectivity index (χ0v) is 18.0. The number of halogens is 1. The zero-order chi connectivity index (χ0) is 23.0. The minimum Gasteiger partial charge on any atom is -0.547 e. The molecular weight excluding hydrogens is 451 g/mol. The Hall–Kier alpha value is -2.26. The molecule has 2 aromatic rings. The van der Waals surface area contributed by atoms with E-state index in [0.717, 1.165) is 0 Å². The Balaban J connectivity index is 0.00000306. The summed E-state index contributed by atoms with van der Waals surface area (Å²) in [7, 11) is 0. The fourth-order valence-corrected chi connectivity index (χ4v) is 3.63. The van der Waals surface area contributed by atoms with Gasteiger partial charge in [0, 0.05) is 16.1 Å². The monoisotopic (exact) mass is 468 g/mol. The molecule has 2 heterocycles. The number of fused-ring (bicyclic) bond motifs is 1. The molecular formula is C21H18ClLiN2O8. The Morgan fingerprint density at radius 3 is 2.45 bits per heavy atom. The maximum absolute atomic E-state index is 12.8. The standard InChI is InChI=1S/C21H19ClN2O8.Li/c22-10-6-7-12-11(8-10)13(9-4-2-1-3-5-9)24-19(18(28)23-12)32-21-16(27)14(25)15(26)17(31-21)20(29)30;/h1-8,14-17,19,21,25-27H,(H,23,28)(H,29,30);/q;+1/p-1/t14-,15-,16+,17-,19?,21-;/m0./s1. The molecule has 0 bridgehead atoms. The van der Waals surface area contributed by atoms with Gasteiger partial charge < -0.3 is 40.0 Å². The molecule has 2 aliphatic heterocycles. The number of anilines is 1. The van der Waals surface area contributed by atoms with Gasteiger partial charge in [0.15, 0.2) is 6.29 Å². The van der Waals surface area contributed by atoms with Crippen LogP contribution >= 0.6 is 11.6 Å². The van der Waals surface area contributed by atoms with E-state index in [4.69, 9.17) is 21.1 Å². The van der Waals surface area contributed by atoms with Crippen LogP contribution in [0.2, 0.25) is 5.02 Å². The van der Waals surface area contributed by atoms with E-state index >= 15 is 0 Å². The van der Waals surface area contributed by atoms with E-state index in [2.05, 4.69) is 10.3 Å². The van der Waals surface area contributed by atoms with Gasteiger partial charge in [-0.25, -0.2) is 4.99 Å². The first kappa shape index (κ1) is 25.4. The number of nitrogens with one attached hydrogen (secondary N) is 1. The predicted molar refractivity (Wildman–Crippen MR) is 109 cm³/mol. The van der Waals surface area contributed by atoms with Gasteiger partial charge in [0.1, 0.15) is 24.4 Å². The Kier molecular flexibility index (Phi) is 7.95. The van der Waals surface area contributed by atoms with Gasteiger partial charge in [-0.3, -0.25) is 4.79 Å². The van der Waals surface area contributed by atoms with E-state index in [1.807, 2.05) is 0 Å². The van der Waals surface area contributed by atoms with Crippen molar-refractivity contribution in [3.05, 3.63) is 64.7 Å². The zero-order valence-electron chi connectivity index (χ0n) is 17.3. The summed E-state index contributed by atoms with van der Waals surface area (Å²) in [6.45, 7) is 0. The summed E-state index contributed by atoms with van der Waals surface area (Å²) in [5.41, 5.74) is 1.89. The Bertz CT molecular complexity index is 1070. The van der Waals surface area contributed by atoms with E-state index in [1.54, 1.807) is 48.5 Å². The van der Waals surface area contributed by atoms with Crippen LogP contribution in [0.1, 0.15) is 11.1 Å². The third kappa shape index (κ3) is 5.14. The van der Waals surface area contributed by atoms with Gasteiger partial charge in [0.2, 0.25) is 6.23 Å². The first-order valence-electron chi connectivity index (χ1n) is 9.56. The van der Waals surface area contributed by atoms with Crippen LogP contribution < -0.4 is 29.3 Å². The summed E-state index contributed by atoms with van der Waals surface area (Å²) in [4.78, 5) is 28.4. The number of carbonyl (C=O) groups is 2. The fourth-order valence-electron chi connectivity index (χ4n) is 3.46. The molecule has 2 aromatic carbocycles. The molecule has 0 radical (unpaired) electrons. The Morgan fingerprint density at radius 1 is 1.09 bits per heavy atom. The van der Waals surface area contributed by atoms with Crippen molar-refractivity contribution in [2.75, 3.05) is 5.32 Å². The van der Waals surface area contributed by atoms with Crippen molar-refractivity contribution in [1.29, 1.82) is 0 Å². The number of amides is 1. The second-order valence-electron chi connectivity index (χ2n) is 7.23. The van der Waals surface area contributed by atoms with Gasteiger partial charge in [0.25, 0.3) is 5.91 Å². The van der Waals surface area contributed by atoms with Crippen LogP contribution in [0.15, 0.2) is 53.5 Å². The Labute approximate surface area is 205 Å². The summed E-state index contributed by atoms with van der Waals surface area (Å²) in [5.74, 6) is -2.56. The van der Waals surface area contributed by atoms with Gasteiger partial charge >= 0.3 is 18.9 Å². The van der Waals surface area contributed by atoms with Crippen LogP contribution in [0.4, 0.5) is 5.69 Å². The molecule has 0 saturated carbocycles. The average Bonchev–Trinajstić information content (AvgIpc) is 2.90. The number of hydrogen-bond acceptors (Lipinski definition) is 9. The normalized spacial score (nSPS) is 29.1. The van der Waals surface area contributed by atoms with Gasteiger partial charge in [0.05, 0.1) is 17.4 Å². The number of ether oxygens (including phenoxy) is 2. The summed E-state index contributed by atoms with van der Waals surface area (Å²) in [6.07, 6.45) is -11.1. The van der Waals surface area contributed by atoms with Crippen LogP contribution in [-0.4, -0.2) is 69.8 Å². The molecule has 0 spiro atoms. The molecule has 6 atom stereocenters. The minimum absolute atomic E-state index is 0. The number of aliphatic imine (C=N–C) groups is 1. The molecule has 4 N–H and O–H groups in total. The van der Waals surface area contributed by atoms with Gasteiger partial charge in [-0.2, -0.15) is 0 Å². The van der Waals surface area contributed by atoms with Crippen LogP contribution in [0.25, 0.3) is 0 Å². The van der Waals surface area contributed by atoms with Crippen LogP contribution in [0, 0.1) is 0 Å². The number of rotatable bonds is 4. The maximum Gasteiger partial charge on any atom is 1.00 e. The number of hydrogen-bond donors (Lipinski definition) is 4. The number of benzene rings is 2. The second-order valence-corrected chi connectivity index (χ2v) is 7.66. The van der Waals surface area contributed by atoms with Gasteiger partial charge in [-0.1, -0.05) is 41.9 Å². The number of benzodiazepines with no additional fused rings is 1. The third-order valence-electron chi connectivity index (χ3n) is 5.08. The number of carbonyl (C=O) groups excluding carboxylic acids is 2. The van der Waals surface area contributed by atoms with Gasteiger partial charge in [-0.15, -0.1) is 0 Å². The summed E-state index contributed by atoms with van der Waals surface area (Å²) in [5, 5.41) is 44.3. The van der Waals surface area contributed by atoms with E-state index in [9.17, 15) is 30.0 Å². The SMILES string of the molecule is O=C1Nc2ccc(Cl)cc2C(c2ccccc2)=NC1O[C@@H]1O[C@H](C(=O)[O-])[C@@H](O)[C@H](O)[C@H]1O.[Li+]. The molecule has 0 aromatic heterocycles. The van der Waals surface area contributed by atoms with Crippen molar-refractivity contribution in [2.45, 2.75) is 36.9 Å². The van der Waals surface area contributed by atoms with Gasteiger partial charge in [-0.05, 0) is 18.2 Å². The maximum atomic E-state index is 12.8. The summed E-state index contributed by atoms with van der Waals surface area (Å²) >= 11 is 6.14. The first-order valence-corrected chi connectivity index (χ1v) is 9.94. The molecule has 10 nitrogen and oxygen atoms in total. The van der Waals surface area contributed by atoms with E-state index in [0.29, 0.717) is 27.5 Å². The molecule has 4 rings (SSSR count). The molecule has 33 heavy (non-hydrogen) atoms. The van der Waals surface area contributed by atoms with Crippen molar-refractivity contribution < 1.29 is 58.3 Å². The van der Waals surface area contributed by atoms with Crippen molar-refractivity contribution in [3.63, 3.8) is 0 Å². The number of carboxylic acid groups (broad SMARTS) is 1. The number of nitrogens with zero attached hydrogens (tertiary/aromatic N) is 1. The quantitative estimate of drug-likeness (QED) is 0.330.